The minimum absolute atomic E-state index is 0.131. The van der Waals surface area contributed by atoms with Gasteiger partial charge in [-0.2, -0.15) is 0 Å². The number of nitrogens with zero attached hydrogens (tertiary/aromatic N) is 3. The van der Waals surface area contributed by atoms with Gasteiger partial charge in [0.05, 0.1) is 23.6 Å². The summed E-state index contributed by atoms with van der Waals surface area (Å²) in [6.45, 7) is 5.06. The molecular formula is C25H28ClN5O4S. The van der Waals surface area contributed by atoms with Crippen LogP contribution >= 0.6 is 23.8 Å². The first kappa shape index (κ1) is 25.9. The van der Waals surface area contributed by atoms with E-state index in [-0.39, 0.29) is 29.2 Å². The number of hydrogen-bond acceptors (Lipinski definition) is 7. The summed E-state index contributed by atoms with van der Waals surface area (Å²) in [5.74, 6) is -0.643. The normalized spacial score (nSPS) is 14.1. The van der Waals surface area contributed by atoms with Crippen molar-refractivity contribution in [3.8, 4) is 0 Å². The van der Waals surface area contributed by atoms with Gasteiger partial charge in [0.15, 0.2) is 4.77 Å². The highest BCUT2D eigenvalue weighted by Crippen LogP contribution is 2.20. The van der Waals surface area contributed by atoms with Crippen LogP contribution in [-0.4, -0.2) is 72.7 Å². The van der Waals surface area contributed by atoms with E-state index in [0.29, 0.717) is 23.0 Å². The number of carbonyl (C=O) groups excluding carboxylic acids is 2. The Labute approximate surface area is 218 Å². The second-order valence-electron chi connectivity index (χ2n) is 8.55. The molecule has 1 aromatic heterocycles. The Morgan fingerprint density at radius 2 is 1.89 bits per heavy atom. The summed E-state index contributed by atoms with van der Waals surface area (Å²) in [6.07, 6.45) is 0.131. The van der Waals surface area contributed by atoms with Crippen LogP contribution in [0.15, 0.2) is 47.3 Å². The Bertz CT molecular complexity index is 1380. The highest BCUT2D eigenvalue weighted by atomic mass is 35.5. The number of benzene rings is 2. The van der Waals surface area contributed by atoms with Crippen LogP contribution < -0.4 is 15.8 Å². The van der Waals surface area contributed by atoms with Gasteiger partial charge in [-0.15, -0.1) is 0 Å². The van der Waals surface area contributed by atoms with Gasteiger partial charge < -0.3 is 19.9 Å². The molecule has 9 nitrogen and oxygen atoms in total. The molecule has 4 rings (SSSR count). The topological polar surface area (TPSA) is 99.7 Å². The second kappa shape index (κ2) is 11.7. The summed E-state index contributed by atoms with van der Waals surface area (Å²) in [4.78, 5) is 44.6. The monoisotopic (exact) mass is 529 g/mol. The number of nitrogens with one attached hydrogen (secondary N) is 2. The van der Waals surface area contributed by atoms with Crippen LogP contribution in [-0.2, 0) is 16.1 Å². The third-order valence-corrected chi connectivity index (χ3v) is 6.82. The number of aromatic nitrogens is 2. The quantitative estimate of drug-likeness (QED) is 0.342. The standard InChI is InChI=1S/C25H28ClN5O4S/c1-35-24(34)17-5-6-20-21(15-17)28-25(36)31(23(20)33)9-7-22(32)27-8-10-29-11-13-30(14-12-29)19-4-2-3-18(26)16-19/h2-6,15-16H,7-14H2,1H3,(H,27,32)(H,28,36). The summed E-state index contributed by atoms with van der Waals surface area (Å²) in [6, 6.07) is 12.5. The highest BCUT2D eigenvalue weighted by molar-refractivity contribution is 7.71. The van der Waals surface area contributed by atoms with Crippen LogP contribution in [0.5, 0.6) is 0 Å². The molecule has 1 aliphatic heterocycles. The lowest BCUT2D eigenvalue weighted by Gasteiger charge is -2.36. The Morgan fingerprint density at radius 3 is 2.61 bits per heavy atom. The molecule has 2 N–H and O–H groups in total. The molecule has 2 aromatic carbocycles. The van der Waals surface area contributed by atoms with Gasteiger partial charge in [-0.3, -0.25) is 19.1 Å². The van der Waals surface area contributed by atoms with E-state index in [1.54, 1.807) is 6.07 Å². The van der Waals surface area contributed by atoms with Crippen molar-refractivity contribution in [2.75, 3.05) is 51.3 Å². The Kier molecular flexibility index (Phi) is 8.40. The molecule has 0 aliphatic carbocycles. The Balaban J connectivity index is 1.25. The molecule has 11 heteroatoms. The van der Waals surface area contributed by atoms with E-state index in [0.717, 1.165) is 43.4 Å². The minimum atomic E-state index is -0.500. The van der Waals surface area contributed by atoms with Crippen molar-refractivity contribution in [1.29, 1.82) is 0 Å². The summed E-state index contributed by atoms with van der Waals surface area (Å²) >= 11 is 11.4. The maximum absolute atomic E-state index is 12.9. The Hall–Kier alpha value is -3.21. The predicted octanol–water partition coefficient (Wildman–Crippen LogP) is 2.83. The summed E-state index contributed by atoms with van der Waals surface area (Å²) < 4.78 is 6.28. The number of aromatic amines is 1. The first-order chi connectivity index (χ1) is 17.4. The molecule has 1 aliphatic rings. The van der Waals surface area contributed by atoms with Crippen LogP contribution in [0.2, 0.25) is 5.02 Å². The lowest BCUT2D eigenvalue weighted by Crippen LogP contribution is -2.48. The number of esters is 1. The highest BCUT2D eigenvalue weighted by Gasteiger charge is 2.17. The second-order valence-corrected chi connectivity index (χ2v) is 9.37. The molecule has 2 heterocycles. The van der Waals surface area contributed by atoms with Gasteiger partial charge in [-0.1, -0.05) is 17.7 Å². The summed E-state index contributed by atoms with van der Waals surface area (Å²) in [7, 11) is 1.29. The minimum Gasteiger partial charge on any atom is -0.465 e. The first-order valence-electron chi connectivity index (χ1n) is 11.7. The maximum Gasteiger partial charge on any atom is 0.337 e. The van der Waals surface area contributed by atoms with Gasteiger partial charge in [-0.25, -0.2) is 4.79 Å². The van der Waals surface area contributed by atoms with Crippen LogP contribution in [0.4, 0.5) is 5.69 Å². The molecular weight excluding hydrogens is 502 g/mol. The number of piperazine rings is 1. The van der Waals surface area contributed by atoms with E-state index in [1.165, 1.54) is 23.8 Å². The van der Waals surface area contributed by atoms with E-state index >= 15 is 0 Å². The van der Waals surface area contributed by atoms with Gasteiger partial charge >= 0.3 is 5.97 Å². The van der Waals surface area contributed by atoms with Crippen molar-refractivity contribution in [3.05, 3.63) is 68.2 Å². The van der Waals surface area contributed by atoms with Crippen LogP contribution in [0.25, 0.3) is 10.9 Å². The number of H-pyrrole nitrogens is 1. The van der Waals surface area contributed by atoms with Crippen LogP contribution in [0.3, 0.4) is 0 Å². The lowest BCUT2D eigenvalue weighted by atomic mass is 10.1. The summed E-state index contributed by atoms with van der Waals surface area (Å²) in [5.41, 5.74) is 1.58. The molecule has 1 saturated heterocycles. The third-order valence-electron chi connectivity index (χ3n) is 6.26. The van der Waals surface area contributed by atoms with Crippen molar-refractivity contribution in [3.63, 3.8) is 0 Å². The first-order valence-corrected chi connectivity index (χ1v) is 12.5. The van der Waals surface area contributed by atoms with Gasteiger partial charge in [0.25, 0.3) is 5.56 Å². The number of fused-ring (bicyclic) bond motifs is 1. The number of ether oxygens (including phenoxy) is 1. The van der Waals surface area contributed by atoms with Crippen molar-refractivity contribution in [2.45, 2.75) is 13.0 Å². The number of methoxy groups -OCH3 is 1. The number of rotatable bonds is 8. The molecule has 36 heavy (non-hydrogen) atoms. The smallest absolute Gasteiger partial charge is 0.337 e. The van der Waals surface area contributed by atoms with E-state index in [2.05, 4.69) is 26.2 Å². The zero-order valence-corrected chi connectivity index (χ0v) is 21.5. The molecule has 0 saturated carbocycles. The van der Waals surface area contributed by atoms with Crippen molar-refractivity contribution >= 4 is 52.3 Å². The average molecular weight is 530 g/mol. The third kappa shape index (κ3) is 6.13. The molecule has 0 spiro atoms. The average Bonchev–Trinajstić information content (AvgIpc) is 2.88. The lowest BCUT2D eigenvalue weighted by molar-refractivity contribution is -0.121. The number of halogens is 1. The van der Waals surface area contributed by atoms with Gasteiger partial charge in [-0.05, 0) is 48.6 Å². The van der Waals surface area contributed by atoms with E-state index in [1.807, 2.05) is 18.2 Å². The van der Waals surface area contributed by atoms with E-state index in [4.69, 9.17) is 28.6 Å². The number of hydrogen-bond donors (Lipinski definition) is 2. The maximum atomic E-state index is 12.9. The fraction of sp³-hybridized carbons (Fsp3) is 0.360. The van der Waals surface area contributed by atoms with Crippen molar-refractivity contribution in [2.24, 2.45) is 0 Å². The molecule has 3 aromatic rings. The fourth-order valence-corrected chi connectivity index (χ4v) is 4.73. The van der Waals surface area contributed by atoms with Crippen LogP contribution in [0, 0.1) is 4.77 Å². The SMILES string of the molecule is COC(=O)c1ccc2c(=O)n(CCC(=O)NCCN3CCN(c4cccc(Cl)c4)CC3)c(=S)[nH]c2c1. The zero-order chi connectivity index (χ0) is 25.7. The molecule has 190 valence electrons. The van der Waals surface area contributed by atoms with Gasteiger partial charge in [0, 0.05) is 62.9 Å². The Morgan fingerprint density at radius 1 is 1.11 bits per heavy atom. The molecule has 1 amide bonds. The summed E-state index contributed by atoms with van der Waals surface area (Å²) in [5, 5.41) is 4.05. The van der Waals surface area contributed by atoms with E-state index in [9.17, 15) is 14.4 Å². The molecule has 0 radical (unpaired) electrons. The number of carbonyl (C=O) groups is 2. The molecule has 0 atom stereocenters. The van der Waals surface area contributed by atoms with Crippen molar-refractivity contribution in [1.82, 2.24) is 19.8 Å². The molecule has 0 unspecified atom stereocenters. The van der Waals surface area contributed by atoms with Crippen LogP contribution in [0.1, 0.15) is 16.8 Å². The number of anilines is 1. The molecule has 1 fully saturated rings. The fourth-order valence-electron chi connectivity index (χ4n) is 4.26. The van der Waals surface area contributed by atoms with Gasteiger partial charge in [0.1, 0.15) is 0 Å². The largest absolute Gasteiger partial charge is 0.465 e. The predicted molar refractivity (Wildman–Crippen MR) is 142 cm³/mol. The van der Waals surface area contributed by atoms with Crippen molar-refractivity contribution < 1.29 is 14.3 Å². The van der Waals surface area contributed by atoms with E-state index < -0.39 is 5.97 Å². The molecule has 0 bridgehead atoms. The number of amides is 1. The van der Waals surface area contributed by atoms with Gasteiger partial charge in [0.2, 0.25) is 5.91 Å². The zero-order valence-electron chi connectivity index (χ0n) is 20.0.